The number of nitrogens with zero attached hydrogens (tertiary/aromatic N) is 2. The van der Waals surface area contributed by atoms with E-state index in [0.717, 1.165) is 18.5 Å². The molecule has 1 aromatic rings. The van der Waals surface area contributed by atoms with Gasteiger partial charge in [0.05, 0.1) is 11.9 Å². The third-order valence-corrected chi connectivity index (χ3v) is 5.30. The number of carbonyl (C=O) groups excluding carboxylic acids is 1. The Kier molecular flexibility index (Phi) is 7.77. The average Bonchev–Trinajstić information content (AvgIpc) is 2.47. The highest BCUT2D eigenvalue weighted by molar-refractivity contribution is 5.91. The van der Waals surface area contributed by atoms with Gasteiger partial charge in [0.1, 0.15) is 5.82 Å². The van der Waals surface area contributed by atoms with Gasteiger partial charge in [0.25, 0.3) is 0 Å². The van der Waals surface area contributed by atoms with Crippen LogP contribution < -0.4 is 16.0 Å². The molecule has 0 aliphatic heterocycles. The van der Waals surface area contributed by atoms with Gasteiger partial charge in [-0.25, -0.2) is 4.98 Å². The molecule has 2 aliphatic rings. The van der Waals surface area contributed by atoms with Crippen molar-refractivity contribution in [2.24, 2.45) is 23.5 Å². The molecule has 1 amide bonds. The monoisotopic (exact) mass is 374 g/mol. The van der Waals surface area contributed by atoms with Gasteiger partial charge in [0.15, 0.2) is 0 Å². The summed E-state index contributed by atoms with van der Waals surface area (Å²) in [5.41, 5.74) is 7.32. The molecule has 3 N–H and O–H groups in total. The van der Waals surface area contributed by atoms with Crippen molar-refractivity contribution in [1.29, 1.82) is 0 Å². The van der Waals surface area contributed by atoms with E-state index in [-0.39, 0.29) is 36.6 Å². The van der Waals surface area contributed by atoms with Gasteiger partial charge in [0.2, 0.25) is 5.91 Å². The number of aromatic nitrogens is 1. The Hall–Kier alpha value is -1.04. The minimum absolute atomic E-state index is 0. The van der Waals surface area contributed by atoms with Crippen molar-refractivity contribution in [3.8, 4) is 0 Å². The zero-order valence-corrected chi connectivity index (χ0v) is 15.9. The summed E-state index contributed by atoms with van der Waals surface area (Å²) in [6.07, 6.45) is 7.26. The lowest BCUT2D eigenvalue weighted by atomic mass is 9.65. The first-order chi connectivity index (χ1) is 10.5. The minimum Gasteiger partial charge on any atom is -0.376 e. The minimum atomic E-state index is 0. The Balaban J connectivity index is 0.00000144. The number of rotatable bonds is 3. The second-order valence-electron chi connectivity index (χ2n) is 6.98. The van der Waals surface area contributed by atoms with Gasteiger partial charge < -0.3 is 16.0 Å². The van der Waals surface area contributed by atoms with Gasteiger partial charge in [-0.15, -0.1) is 24.8 Å². The number of halogens is 2. The van der Waals surface area contributed by atoms with Crippen LogP contribution in [-0.4, -0.2) is 31.0 Å². The van der Waals surface area contributed by atoms with E-state index >= 15 is 0 Å². The van der Waals surface area contributed by atoms with E-state index in [1.54, 1.807) is 6.20 Å². The van der Waals surface area contributed by atoms with Crippen LogP contribution in [0.4, 0.5) is 11.5 Å². The quantitative estimate of drug-likeness (QED) is 0.852. The summed E-state index contributed by atoms with van der Waals surface area (Å²) >= 11 is 0. The van der Waals surface area contributed by atoms with Crippen LogP contribution in [0.15, 0.2) is 18.3 Å². The summed E-state index contributed by atoms with van der Waals surface area (Å²) in [6, 6.07) is 4.13. The molecule has 7 heteroatoms. The fourth-order valence-electron chi connectivity index (χ4n) is 3.96. The maximum atomic E-state index is 12.5. The van der Waals surface area contributed by atoms with Crippen molar-refractivity contribution in [2.75, 3.05) is 24.3 Å². The number of nitrogens with one attached hydrogen (secondary N) is 1. The molecule has 2 aliphatic carbocycles. The Bertz CT molecular complexity index is 524. The second-order valence-corrected chi connectivity index (χ2v) is 6.98. The number of hydrogen-bond donors (Lipinski definition) is 2. The Morgan fingerprint density at radius 1 is 1.21 bits per heavy atom. The van der Waals surface area contributed by atoms with Crippen LogP contribution in [0.5, 0.6) is 0 Å². The number of anilines is 2. The zero-order chi connectivity index (χ0) is 15.7. The fraction of sp³-hybridized carbons (Fsp3) is 0.647. The molecule has 5 nitrogen and oxygen atoms in total. The van der Waals surface area contributed by atoms with Crippen LogP contribution in [-0.2, 0) is 4.79 Å². The first-order valence-corrected chi connectivity index (χ1v) is 8.24. The van der Waals surface area contributed by atoms with Crippen molar-refractivity contribution >= 4 is 42.2 Å². The van der Waals surface area contributed by atoms with E-state index in [4.69, 9.17) is 5.73 Å². The van der Waals surface area contributed by atoms with Crippen LogP contribution in [0.2, 0.25) is 0 Å². The van der Waals surface area contributed by atoms with Crippen LogP contribution in [0.1, 0.15) is 32.1 Å². The molecule has 2 fully saturated rings. The van der Waals surface area contributed by atoms with Gasteiger partial charge >= 0.3 is 0 Å². The highest BCUT2D eigenvalue weighted by Gasteiger charge is 2.40. The van der Waals surface area contributed by atoms with Gasteiger partial charge in [-0.05, 0) is 49.7 Å². The largest absolute Gasteiger partial charge is 0.376 e. The van der Waals surface area contributed by atoms with Crippen molar-refractivity contribution in [2.45, 2.75) is 38.1 Å². The predicted molar refractivity (Wildman–Crippen MR) is 103 cm³/mol. The summed E-state index contributed by atoms with van der Waals surface area (Å²) in [5, 5.41) is 2.97. The van der Waals surface area contributed by atoms with E-state index in [1.165, 1.54) is 19.3 Å². The van der Waals surface area contributed by atoms with Gasteiger partial charge in [0, 0.05) is 26.1 Å². The topological polar surface area (TPSA) is 71.2 Å². The average molecular weight is 375 g/mol. The Labute approximate surface area is 156 Å². The van der Waals surface area contributed by atoms with Crippen molar-refractivity contribution in [1.82, 2.24) is 4.98 Å². The third-order valence-electron chi connectivity index (χ3n) is 5.30. The van der Waals surface area contributed by atoms with Crippen LogP contribution >= 0.6 is 24.8 Å². The summed E-state index contributed by atoms with van der Waals surface area (Å²) < 4.78 is 0. The molecular weight excluding hydrogens is 347 g/mol. The lowest BCUT2D eigenvalue weighted by molar-refractivity contribution is -0.122. The Morgan fingerprint density at radius 3 is 2.33 bits per heavy atom. The van der Waals surface area contributed by atoms with Crippen LogP contribution in [0.3, 0.4) is 0 Å². The lowest BCUT2D eigenvalue weighted by Crippen LogP contribution is -2.48. The zero-order valence-electron chi connectivity index (χ0n) is 14.3. The molecule has 3 rings (SSSR count). The highest BCUT2D eigenvalue weighted by Crippen LogP contribution is 2.42. The normalized spacial score (nSPS) is 28.1. The molecule has 2 bridgehead atoms. The van der Waals surface area contributed by atoms with Gasteiger partial charge in [-0.3, -0.25) is 4.79 Å². The Morgan fingerprint density at radius 2 is 1.83 bits per heavy atom. The van der Waals surface area contributed by atoms with E-state index in [2.05, 4.69) is 10.3 Å². The number of nitrogens with two attached hydrogens (primary N) is 1. The third kappa shape index (κ3) is 4.52. The molecule has 2 atom stereocenters. The first kappa shape index (κ1) is 21.0. The summed E-state index contributed by atoms with van der Waals surface area (Å²) in [6.45, 7) is 0. The first-order valence-electron chi connectivity index (χ1n) is 8.24. The molecule has 2 unspecified atom stereocenters. The second kappa shape index (κ2) is 8.88. The number of hydrogen-bond acceptors (Lipinski definition) is 4. The summed E-state index contributed by atoms with van der Waals surface area (Å²) in [5.74, 6) is 1.87. The smallest absolute Gasteiger partial charge is 0.228 e. The molecular formula is C17H28Cl2N4O. The molecule has 1 heterocycles. The van der Waals surface area contributed by atoms with Gasteiger partial charge in [-0.2, -0.15) is 0 Å². The lowest BCUT2D eigenvalue weighted by Gasteiger charge is -2.43. The van der Waals surface area contributed by atoms with Gasteiger partial charge in [-0.1, -0.05) is 6.42 Å². The molecule has 0 radical (unpaired) electrons. The number of amides is 1. The molecule has 24 heavy (non-hydrogen) atoms. The van der Waals surface area contributed by atoms with Crippen molar-refractivity contribution in [3.05, 3.63) is 18.3 Å². The SMILES string of the molecule is CN(C)c1ccc(NC(=O)C2CC3CCCC(C2)C3N)nc1.Cl.Cl. The molecule has 1 aromatic heterocycles. The van der Waals surface area contributed by atoms with E-state index in [9.17, 15) is 4.79 Å². The maximum Gasteiger partial charge on any atom is 0.228 e. The molecule has 2 saturated carbocycles. The molecule has 0 aromatic carbocycles. The van der Waals surface area contributed by atoms with Crippen LogP contribution in [0.25, 0.3) is 0 Å². The van der Waals surface area contributed by atoms with E-state index in [1.807, 2.05) is 31.1 Å². The van der Waals surface area contributed by atoms with Crippen molar-refractivity contribution in [3.63, 3.8) is 0 Å². The molecule has 0 saturated heterocycles. The maximum absolute atomic E-state index is 12.5. The van der Waals surface area contributed by atoms with Crippen LogP contribution in [0, 0.1) is 17.8 Å². The molecule has 0 spiro atoms. The molecule has 136 valence electrons. The summed E-state index contributed by atoms with van der Waals surface area (Å²) in [7, 11) is 3.94. The number of pyridine rings is 1. The fourth-order valence-corrected chi connectivity index (χ4v) is 3.96. The van der Waals surface area contributed by atoms with E-state index in [0.29, 0.717) is 23.7 Å². The predicted octanol–water partition coefficient (Wildman–Crippen LogP) is 3.08. The van der Waals surface area contributed by atoms with Crippen molar-refractivity contribution < 1.29 is 4.79 Å². The number of carbonyl (C=O) groups is 1. The standard InChI is InChI=1S/C17H26N4O.2ClH/c1-21(2)14-6-7-15(19-10-14)20-17(22)13-8-11-4-3-5-12(9-13)16(11)18;;/h6-7,10-13,16H,3-5,8-9,18H2,1-2H3,(H,19,20,22);2*1H. The summed E-state index contributed by atoms with van der Waals surface area (Å²) in [4.78, 5) is 18.8. The number of fused-ring (bicyclic) bond motifs is 2. The van der Waals surface area contributed by atoms with E-state index < -0.39 is 0 Å². The highest BCUT2D eigenvalue weighted by atomic mass is 35.5.